The number of benzene rings is 2. The maximum atomic E-state index is 12.6. The van der Waals surface area contributed by atoms with Gasteiger partial charge in [0.15, 0.2) is 5.78 Å². The van der Waals surface area contributed by atoms with Crippen LogP contribution in [0.1, 0.15) is 29.8 Å². The molecule has 2 aromatic carbocycles. The quantitative estimate of drug-likeness (QED) is 0.457. The van der Waals surface area contributed by atoms with Gasteiger partial charge < -0.3 is 9.64 Å². The van der Waals surface area contributed by atoms with Crippen molar-refractivity contribution < 1.29 is 14.5 Å². The van der Waals surface area contributed by atoms with Gasteiger partial charge in [-0.1, -0.05) is 11.6 Å². The SMILES string of the molecule is C[C@@H]1CN(c2ccc(C(=O)c3ccc(Cl)cc3)cc2[N+](=O)[O-])C[C@@H](C)O1. The number of ketones is 1. The summed E-state index contributed by atoms with van der Waals surface area (Å²) in [6, 6.07) is 11.1. The molecule has 3 rings (SSSR count). The van der Waals surface area contributed by atoms with Gasteiger partial charge >= 0.3 is 0 Å². The van der Waals surface area contributed by atoms with Gasteiger partial charge in [-0.25, -0.2) is 0 Å². The summed E-state index contributed by atoms with van der Waals surface area (Å²) in [5.41, 5.74) is 1.14. The van der Waals surface area contributed by atoms with E-state index in [0.717, 1.165) is 0 Å². The molecule has 136 valence electrons. The van der Waals surface area contributed by atoms with E-state index < -0.39 is 4.92 Å². The standard InChI is InChI=1S/C19H19ClN2O4/c1-12-10-21(11-13(2)26-12)17-8-5-15(9-18(17)22(24)25)19(23)14-3-6-16(20)7-4-14/h3-9,12-13H,10-11H2,1-2H3/t12-,13-/m1/s1. The summed E-state index contributed by atoms with van der Waals surface area (Å²) < 4.78 is 5.69. The first kappa shape index (κ1) is 18.4. The molecule has 0 unspecified atom stereocenters. The van der Waals surface area contributed by atoms with Gasteiger partial charge in [0.25, 0.3) is 5.69 Å². The molecule has 0 aromatic heterocycles. The van der Waals surface area contributed by atoms with Gasteiger partial charge in [-0.15, -0.1) is 0 Å². The number of anilines is 1. The van der Waals surface area contributed by atoms with Crippen LogP contribution in [0.2, 0.25) is 5.02 Å². The lowest BCUT2D eigenvalue weighted by Gasteiger charge is -2.36. The molecule has 1 aliphatic heterocycles. The third-order valence-corrected chi connectivity index (χ3v) is 4.55. The van der Waals surface area contributed by atoms with Gasteiger partial charge in [0.1, 0.15) is 5.69 Å². The third-order valence-electron chi connectivity index (χ3n) is 4.30. The Hall–Kier alpha value is -2.44. The largest absolute Gasteiger partial charge is 0.372 e. The second-order valence-corrected chi connectivity index (χ2v) is 6.90. The van der Waals surface area contributed by atoms with Crippen LogP contribution in [0.4, 0.5) is 11.4 Å². The Bertz CT molecular complexity index is 828. The van der Waals surface area contributed by atoms with E-state index in [2.05, 4.69) is 0 Å². The predicted octanol–water partition coefficient (Wildman–Crippen LogP) is 4.09. The van der Waals surface area contributed by atoms with Gasteiger partial charge in [0.2, 0.25) is 0 Å². The van der Waals surface area contributed by atoms with Crippen LogP contribution in [-0.2, 0) is 4.74 Å². The average molecular weight is 375 g/mol. The van der Waals surface area contributed by atoms with E-state index in [1.807, 2.05) is 18.7 Å². The van der Waals surface area contributed by atoms with Gasteiger partial charge in [-0.2, -0.15) is 0 Å². The van der Waals surface area contributed by atoms with Gasteiger partial charge in [0, 0.05) is 35.3 Å². The van der Waals surface area contributed by atoms with Crippen LogP contribution >= 0.6 is 11.6 Å². The van der Waals surface area contributed by atoms with Crippen LogP contribution in [-0.4, -0.2) is 36.0 Å². The van der Waals surface area contributed by atoms with Crippen LogP contribution in [0.25, 0.3) is 0 Å². The zero-order chi connectivity index (χ0) is 18.8. The molecule has 2 aromatic rings. The number of carbonyl (C=O) groups is 1. The highest BCUT2D eigenvalue weighted by atomic mass is 35.5. The number of nitro groups is 1. The van der Waals surface area contributed by atoms with Crippen molar-refractivity contribution in [2.24, 2.45) is 0 Å². The molecule has 0 radical (unpaired) electrons. The molecule has 7 heteroatoms. The molecule has 6 nitrogen and oxygen atoms in total. The molecule has 2 atom stereocenters. The zero-order valence-corrected chi connectivity index (χ0v) is 15.3. The first-order valence-electron chi connectivity index (χ1n) is 8.34. The maximum absolute atomic E-state index is 12.6. The predicted molar refractivity (Wildman–Crippen MR) is 100 cm³/mol. The number of nitro benzene ring substituents is 1. The Labute approximate surface area is 156 Å². The van der Waals surface area contributed by atoms with E-state index >= 15 is 0 Å². The molecule has 1 heterocycles. The highest BCUT2D eigenvalue weighted by Crippen LogP contribution is 2.32. The molecule has 0 aliphatic carbocycles. The van der Waals surface area contributed by atoms with E-state index in [1.54, 1.807) is 36.4 Å². The van der Waals surface area contributed by atoms with E-state index in [-0.39, 0.29) is 29.2 Å². The first-order valence-corrected chi connectivity index (χ1v) is 8.72. The van der Waals surface area contributed by atoms with Crippen molar-refractivity contribution in [3.05, 3.63) is 68.7 Å². The number of rotatable bonds is 4. The molecular formula is C19H19ClN2O4. The topological polar surface area (TPSA) is 72.7 Å². The van der Waals surface area contributed by atoms with Crippen LogP contribution in [0, 0.1) is 10.1 Å². The smallest absolute Gasteiger partial charge is 0.293 e. The van der Waals surface area contributed by atoms with Gasteiger partial charge in [-0.3, -0.25) is 14.9 Å². The Morgan fingerprint density at radius 3 is 2.27 bits per heavy atom. The molecule has 0 N–H and O–H groups in total. The Kier molecular flexibility index (Phi) is 5.25. The number of carbonyl (C=O) groups excluding carboxylic acids is 1. The lowest BCUT2D eigenvalue weighted by atomic mass is 10.0. The van der Waals surface area contributed by atoms with Crippen molar-refractivity contribution in [2.45, 2.75) is 26.1 Å². The minimum absolute atomic E-state index is 0.0197. The summed E-state index contributed by atoms with van der Waals surface area (Å²) in [5, 5.41) is 12.1. The zero-order valence-electron chi connectivity index (χ0n) is 14.5. The normalized spacial score (nSPS) is 20.0. The van der Waals surface area contributed by atoms with Crippen LogP contribution in [0.5, 0.6) is 0 Å². The molecule has 0 amide bonds. The molecule has 0 bridgehead atoms. The van der Waals surface area contributed by atoms with E-state index in [4.69, 9.17) is 16.3 Å². The average Bonchev–Trinajstić information content (AvgIpc) is 2.60. The fraction of sp³-hybridized carbons (Fsp3) is 0.316. The first-order chi connectivity index (χ1) is 12.3. The molecule has 1 aliphatic rings. The number of morpholine rings is 1. The molecule has 0 spiro atoms. The third kappa shape index (κ3) is 3.86. The van der Waals surface area contributed by atoms with Crippen molar-refractivity contribution in [3.63, 3.8) is 0 Å². The summed E-state index contributed by atoms with van der Waals surface area (Å²) in [4.78, 5) is 25.7. The number of nitrogens with zero attached hydrogens (tertiary/aromatic N) is 2. The Morgan fingerprint density at radius 2 is 1.69 bits per heavy atom. The molecule has 26 heavy (non-hydrogen) atoms. The molecule has 1 fully saturated rings. The summed E-state index contributed by atoms with van der Waals surface area (Å²) in [5.74, 6) is -0.278. The highest BCUT2D eigenvalue weighted by molar-refractivity contribution is 6.30. The second kappa shape index (κ2) is 7.43. The van der Waals surface area contributed by atoms with E-state index in [1.165, 1.54) is 6.07 Å². The molecule has 0 saturated carbocycles. The van der Waals surface area contributed by atoms with Crippen LogP contribution in [0.3, 0.4) is 0 Å². The van der Waals surface area contributed by atoms with Crippen molar-refractivity contribution >= 4 is 28.8 Å². The fourth-order valence-corrected chi connectivity index (χ4v) is 3.35. The summed E-state index contributed by atoms with van der Waals surface area (Å²) in [6.07, 6.45) is -0.0394. The summed E-state index contributed by atoms with van der Waals surface area (Å²) in [6.45, 7) is 5.01. The fourth-order valence-electron chi connectivity index (χ4n) is 3.22. The van der Waals surface area contributed by atoms with Crippen molar-refractivity contribution in [2.75, 3.05) is 18.0 Å². The van der Waals surface area contributed by atoms with Crippen molar-refractivity contribution in [1.82, 2.24) is 0 Å². The maximum Gasteiger partial charge on any atom is 0.293 e. The van der Waals surface area contributed by atoms with Crippen molar-refractivity contribution in [3.8, 4) is 0 Å². The summed E-state index contributed by atoms with van der Waals surface area (Å²) >= 11 is 5.84. The molecule has 1 saturated heterocycles. The lowest BCUT2D eigenvalue weighted by molar-refractivity contribution is -0.384. The molecular weight excluding hydrogens is 356 g/mol. The van der Waals surface area contributed by atoms with E-state index in [0.29, 0.717) is 29.4 Å². The Balaban J connectivity index is 1.95. The number of ether oxygens (including phenoxy) is 1. The van der Waals surface area contributed by atoms with Gasteiger partial charge in [-0.05, 0) is 50.2 Å². The summed E-state index contributed by atoms with van der Waals surface area (Å²) in [7, 11) is 0. The number of hydrogen-bond donors (Lipinski definition) is 0. The van der Waals surface area contributed by atoms with Crippen molar-refractivity contribution in [1.29, 1.82) is 0 Å². The number of hydrogen-bond acceptors (Lipinski definition) is 5. The monoisotopic (exact) mass is 374 g/mol. The highest BCUT2D eigenvalue weighted by Gasteiger charge is 2.28. The van der Waals surface area contributed by atoms with E-state index in [9.17, 15) is 14.9 Å². The minimum Gasteiger partial charge on any atom is -0.372 e. The van der Waals surface area contributed by atoms with Gasteiger partial charge in [0.05, 0.1) is 17.1 Å². The van der Waals surface area contributed by atoms with Crippen LogP contribution in [0.15, 0.2) is 42.5 Å². The lowest BCUT2D eigenvalue weighted by Crippen LogP contribution is -2.45. The Morgan fingerprint density at radius 1 is 1.12 bits per heavy atom. The second-order valence-electron chi connectivity index (χ2n) is 6.46. The van der Waals surface area contributed by atoms with Crippen LogP contribution < -0.4 is 4.90 Å². The number of halogens is 1. The minimum atomic E-state index is -0.446.